The second-order valence-electron chi connectivity index (χ2n) is 11.4. The number of benzene rings is 1. The lowest BCUT2D eigenvalue weighted by Crippen LogP contribution is -2.26. The average Bonchev–Trinajstić information content (AvgIpc) is 3.71. The standard InChI is InChI=1S/C31H37N11O/c1-38(2)13-14-41-12-11-27(37-41)34-31-32-17-23-9-10-25-29(30(23)35-31)26(40(5)36-25)16-21-7-6-8-22(15-21)24-18-33-42(19-24)20-28(43)39(3)4/h6-8,11-12,15,17-19H,9-10,13-14,16,20H2,1-5H3,(H,32,34,35,37). The van der Waals surface area contributed by atoms with Crippen molar-refractivity contribution in [1.29, 1.82) is 0 Å². The summed E-state index contributed by atoms with van der Waals surface area (Å²) >= 11 is 0. The molecule has 6 rings (SSSR count). The lowest BCUT2D eigenvalue weighted by atomic mass is 9.91. The van der Waals surface area contributed by atoms with Gasteiger partial charge in [0.2, 0.25) is 11.9 Å². The number of hydrogen-bond donors (Lipinski definition) is 1. The summed E-state index contributed by atoms with van der Waals surface area (Å²) in [5.74, 6) is 1.24. The van der Waals surface area contributed by atoms with E-state index < -0.39 is 0 Å². The molecule has 0 saturated carbocycles. The maximum absolute atomic E-state index is 12.1. The van der Waals surface area contributed by atoms with Crippen molar-refractivity contribution in [2.24, 2.45) is 7.05 Å². The van der Waals surface area contributed by atoms with Gasteiger partial charge in [0.25, 0.3) is 0 Å². The molecule has 0 fully saturated rings. The van der Waals surface area contributed by atoms with Crippen molar-refractivity contribution in [2.45, 2.75) is 32.4 Å². The van der Waals surface area contributed by atoms with Crippen LogP contribution in [0.4, 0.5) is 11.8 Å². The summed E-state index contributed by atoms with van der Waals surface area (Å²) in [6.07, 6.45) is 10.0. The second-order valence-corrected chi connectivity index (χ2v) is 11.4. The average molecular weight is 580 g/mol. The Kier molecular flexibility index (Phi) is 7.76. The van der Waals surface area contributed by atoms with Crippen molar-refractivity contribution >= 4 is 17.7 Å². The third kappa shape index (κ3) is 6.19. The number of rotatable bonds is 10. The third-order valence-corrected chi connectivity index (χ3v) is 7.69. The van der Waals surface area contributed by atoms with Crippen LogP contribution in [-0.2, 0) is 44.2 Å². The fourth-order valence-corrected chi connectivity index (χ4v) is 5.29. The maximum atomic E-state index is 12.1. The molecule has 12 nitrogen and oxygen atoms in total. The number of likely N-dealkylation sites (N-methyl/N-ethyl adjacent to an activating group) is 2. The first-order valence-electron chi connectivity index (χ1n) is 14.4. The zero-order valence-corrected chi connectivity index (χ0v) is 25.3. The molecule has 0 bridgehead atoms. The van der Waals surface area contributed by atoms with Crippen LogP contribution < -0.4 is 5.32 Å². The van der Waals surface area contributed by atoms with E-state index in [9.17, 15) is 4.79 Å². The quantitative estimate of drug-likeness (QED) is 0.269. The van der Waals surface area contributed by atoms with E-state index in [4.69, 9.17) is 10.1 Å². The lowest BCUT2D eigenvalue weighted by molar-refractivity contribution is -0.129. The number of aryl methyl sites for hydroxylation is 3. The maximum Gasteiger partial charge on any atom is 0.243 e. The summed E-state index contributed by atoms with van der Waals surface area (Å²) < 4.78 is 5.58. The van der Waals surface area contributed by atoms with Gasteiger partial charge in [-0.2, -0.15) is 15.3 Å². The smallest absolute Gasteiger partial charge is 0.243 e. The SMILES string of the molecule is CN(C)CCn1ccc(Nc2ncc3c(n2)-c2c(nn(C)c2Cc2cccc(-c4cnn(CC(=O)N(C)C)c4)c2)CC3)n1. The van der Waals surface area contributed by atoms with Crippen molar-refractivity contribution in [3.8, 4) is 22.4 Å². The van der Waals surface area contributed by atoms with E-state index in [0.29, 0.717) is 18.2 Å². The van der Waals surface area contributed by atoms with Crippen LogP contribution in [0.5, 0.6) is 0 Å². The number of fused-ring (bicyclic) bond motifs is 3. The van der Waals surface area contributed by atoms with Crippen LogP contribution in [0.15, 0.2) is 55.1 Å². The van der Waals surface area contributed by atoms with Crippen molar-refractivity contribution in [3.05, 3.63) is 77.6 Å². The number of carbonyl (C=O) groups is 1. The Morgan fingerprint density at radius 3 is 2.70 bits per heavy atom. The van der Waals surface area contributed by atoms with Crippen molar-refractivity contribution in [2.75, 3.05) is 40.1 Å². The molecular formula is C31H37N11O. The molecule has 1 aliphatic rings. The molecule has 43 heavy (non-hydrogen) atoms. The topological polar surface area (TPSA) is 115 Å². The number of hydrogen-bond acceptors (Lipinski definition) is 8. The minimum absolute atomic E-state index is 0.00139. The molecular weight excluding hydrogens is 542 g/mol. The first kappa shape index (κ1) is 28.3. The van der Waals surface area contributed by atoms with Gasteiger partial charge < -0.3 is 15.1 Å². The second kappa shape index (κ2) is 11.8. The van der Waals surface area contributed by atoms with Crippen LogP contribution in [-0.4, -0.2) is 89.8 Å². The number of aromatic nitrogens is 8. The molecule has 5 aromatic rings. The molecule has 0 atom stereocenters. The van der Waals surface area contributed by atoms with Gasteiger partial charge in [-0.25, -0.2) is 9.97 Å². The molecule has 0 saturated heterocycles. The fourth-order valence-electron chi connectivity index (χ4n) is 5.29. The highest BCUT2D eigenvalue weighted by atomic mass is 16.2. The van der Waals surface area contributed by atoms with Gasteiger partial charge in [0.15, 0.2) is 5.82 Å². The molecule has 0 aliphatic heterocycles. The lowest BCUT2D eigenvalue weighted by Gasteiger charge is -2.17. The Balaban J connectivity index is 1.24. The normalized spacial score (nSPS) is 12.3. The van der Waals surface area contributed by atoms with Crippen LogP contribution >= 0.6 is 0 Å². The van der Waals surface area contributed by atoms with Gasteiger partial charge in [-0.05, 0) is 43.6 Å². The van der Waals surface area contributed by atoms with E-state index in [1.807, 2.05) is 55.2 Å². The zero-order valence-electron chi connectivity index (χ0n) is 25.3. The summed E-state index contributed by atoms with van der Waals surface area (Å²) in [6, 6.07) is 10.4. The predicted molar refractivity (Wildman–Crippen MR) is 165 cm³/mol. The summed E-state index contributed by atoms with van der Waals surface area (Å²) in [7, 11) is 9.60. The van der Waals surface area contributed by atoms with E-state index in [1.54, 1.807) is 29.9 Å². The van der Waals surface area contributed by atoms with Crippen molar-refractivity contribution in [1.82, 2.24) is 49.1 Å². The Hall–Kier alpha value is -4.84. The monoisotopic (exact) mass is 579 g/mol. The van der Waals surface area contributed by atoms with Gasteiger partial charge in [0.1, 0.15) is 6.54 Å². The van der Waals surface area contributed by atoms with E-state index in [1.165, 1.54) is 0 Å². The van der Waals surface area contributed by atoms with Crippen LogP contribution in [0.2, 0.25) is 0 Å². The van der Waals surface area contributed by atoms with Gasteiger partial charge in [0.05, 0.1) is 29.8 Å². The van der Waals surface area contributed by atoms with Crippen molar-refractivity contribution in [3.63, 3.8) is 0 Å². The van der Waals surface area contributed by atoms with E-state index >= 15 is 0 Å². The van der Waals surface area contributed by atoms with E-state index in [0.717, 1.165) is 70.8 Å². The van der Waals surface area contributed by atoms with Gasteiger partial charge in [-0.15, -0.1) is 0 Å². The van der Waals surface area contributed by atoms with Gasteiger partial charge in [-0.1, -0.05) is 24.3 Å². The molecule has 0 spiro atoms. The highest BCUT2D eigenvalue weighted by Gasteiger charge is 2.26. The number of nitrogens with zero attached hydrogens (tertiary/aromatic N) is 10. The highest BCUT2D eigenvalue weighted by Crippen LogP contribution is 2.36. The Morgan fingerprint density at radius 2 is 1.88 bits per heavy atom. The van der Waals surface area contributed by atoms with Crippen LogP contribution in [0.3, 0.4) is 0 Å². The molecule has 0 unspecified atom stereocenters. The van der Waals surface area contributed by atoms with E-state index in [-0.39, 0.29) is 12.5 Å². The van der Waals surface area contributed by atoms with Gasteiger partial charge in [-0.3, -0.25) is 18.8 Å². The molecule has 1 aliphatic carbocycles. The largest absolute Gasteiger partial charge is 0.347 e. The Morgan fingerprint density at radius 1 is 1.02 bits per heavy atom. The summed E-state index contributed by atoms with van der Waals surface area (Å²) in [4.78, 5) is 25.4. The Bertz CT molecular complexity index is 1760. The molecule has 1 N–H and O–H groups in total. The Labute approximate surface area is 251 Å². The molecule has 12 heteroatoms. The fraction of sp³-hybridized carbons (Fsp3) is 0.355. The summed E-state index contributed by atoms with van der Waals surface area (Å²) in [5, 5.41) is 17.2. The number of nitrogens with one attached hydrogen (secondary N) is 1. The third-order valence-electron chi connectivity index (χ3n) is 7.69. The predicted octanol–water partition coefficient (Wildman–Crippen LogP) is 3.02. The zero-order chi connectivity index (χ0) is 30.1. The van der Waals surface area contributed by atoms with E-state index in [2.05, 4.69) is 49.7 Å². The first-order valence-corrected chi connectivity index (χ1v) is 14.4. The molecule has 4 aromatic heterocycles. The molecule has 222 valence electrons. The first-order chi connectivity index (χ1) is 20.7. The highest BCUT2D eigenvalue weighted by molar-refractivity contribution is 5.75. The van der Waals surface area contributed by atoms with Gasteiger partial charge >= 0.3 is 0 Å². The summed E-state index contributed by atoms with van der Waals surface area (Å²) in [6.45, 7) is 1.93. The van der Waals surface area contributed by atoms with Crippen LogP contribution in [0.1, 0.15) is 22.5 Å². The van der Waals surface area contributed by atoms with Crippen LogP contribution in [0, 0.1) is 0 Å². The molecule has 0 radical (unpaired) electrons. The minimum Gasteiger partial charge on any atom is -0.347 e. The van der Waals surface area contributed by atoms with Gasteiger partial charge in [0, 0.05) is 69.9 Å². The number of amides is 1. The van der Waals surface area contributed by atoms with Crippen molar-refractivity contribution < 1.29 is 4.79 Å². The number of carbonyl (C=O) groups excluding carboxylic acids is 1. The summed E-state index contributed by atoms with van der Waals surface area (Å²) in [5.41, 5.74) is 8.49. The number of anilines is 2. The molecule has 4 heterocycles. The molecule has 1 aromatic carbocycles. The molecule has 1 amide bonds. The minimum atomic E-state index is 0.00139. The van der Waals surface area contributed by atoms with Crippen LogP contribution in [0.25, 0.3) is 22.4 Å².